The zero-order chi connectivity index (χ0) is 32.1. The average Bonchev–Trinajstić information content (AvgIpc) is 3.56. The van der Waals surface area contributed by atoms with Gasteiger partial charge in [-0.25, -0.2) is 18.7 Å². The van der Waals surface area contributed by atoms with E-state index in [0.717, 1.165) is 38.2 Å². The van der Waals surface area contributed by atoms with E-state index in [-0.39, 0.29) is 53.7 Å². The normalized spacial score (nSPS) is 18.1. The molecule has 5 rings (SSSR count). The molecule has 1 aliphatic heterocycles. The summed E-state index contributed by atoms with van der Waals surface area (Å²) >= 11 is 5.77. The molecule has 0 radical (unpaired) electrons. The Balaban J connectivity index is 0.00000480. The number of methoxy groups -OCH3 is 1. The van der Waals surface area contributed by atoms with Crippen LogP contribution in [0.15, 0.2) is 30.6 Å². The van der Waals surface area contributed by atoms with Crippen molar-refractivity contribution in [2.45, 2.75) is 70.0 Å². The molecular formula is C32H41Cl2F2N7O3. The van der Waals surface area contributed by atoms with Gasteiger partial charge >= 0.3 is 0 Å². The number of hydrogen-bond acceptors (Lipinski definition) is 8. The van der Waals surface area contributed by atoms with Crippen LogP contribution in [0.2, 0.25) is 5.02 Å². The van der Waals surface area contributed by atoms with E-state index in [2.05, 4.69) is 38.2 Å². The van der Waals surface area contributed by atoms with Gasteiger partial charge in [-0.2, -0.15) is 0 Å². The molecule has 2 aliphatic rings. The van der Waals surface area contributed by atoms with Gasteiger partial charge in [0.2, 0.25) is 11.8 Å². The summed E-state index contributed by atoms with van der Waals surface area (Å²) in [5, 5.41) is 12.4. The average molecular weight is 681 g/mol. The minimum atomic E-state index is -0.960. The Kier molecular flexibility index (Phi) is 12.4. The minimum absolute atomic E-state index is 0. The van der Waals surface area contributed by atoms with E-state index in [1.54, 1.807) is 17.0 Å². The number of nitrogens with zero attached hydrogens (tertiary/aromatic N) is 3. The lowest BCUT2D eigenvalue weighted by Crippen LogP contribution is -2.55. The molecule has 1 aromatic heterocycles. The van der Waals surface area contributed by atoms with Gasteiger partial charge in [0.25, 0.3) is 0 Å². The molecule has 2 heterocycles. The zero-order valence-electron chi connectivity index (χ0n) is 26.2. The molecule has 0 unspecified atom stereocenters. The van der Waals surface area contributed by atoms with Gasteiger partial charge < -0.3 is 30.9 Å². The molecule has 2 aromatic carbocycles. The fourth-order valence-corrected chi connectivity index (χ4v) is 6.39. The molecule has 0 bridgehead atoms. The largest absolute Gasteiger partial charge is 0.494 e. The summed E-state index contributed by atoms with van der Waals surface area (Å²) < 4.78 is 34.0. The Morgan fingerprint density at radius 2 is 1.85 bits per heavy atom. The van der Waals surface area contributed by atoms with Crippen LogP contribution in [0.1, 0.15) is 51.9 Å². The van der Waals surface area contributed by atoms with Gasteiger partial charge in [0, 0.05) is 30.6 Å². The molecule has 2 fully saturated rings. The molecular weight excluding hydrogens is 639 g/mol. The molecule has 14 heteroatoms. The SMILES string of the molecule is CN[C@@H](C)CN[C@H](C(=O)N1CCC[C@H]1C(=O)Nc1cc2c(Nc3ccc(F)c(Cl)c3F)ncnc2cc1OC)C1CCCCC1.Cl. The number of fused-ring (bicyclic) bond motifs is 1. The first-order valence-corrected chi connectivity index (χ1v) is 15.8. The van der Waals surface area contributed by atoms with Gasteiger partial charge in [0.1, 0.15) is 34.8 Å². The molecule has 3 aromatic rings. The molecule has 46 heavy (non-hydrogen) atoms. The number of carbonyl (C=O) groups excluding carboxylic acids is 2. The lowest BCUT2D eigenvalue weighted by Gasteiger charge is -2.35. The maximum Gasteiger partial charge on any atom is 0.247 e. The van der Waals surface area contributed by atoms with Crippen LogP contribution in [0, 0.1) is 17.6 Å². The van der Waals surface area contributed by atoms with E-state index in [0.29, 0.717) is 41.9 Å². The summed E-state index contributed by atoms with van der Waals surface area (Å²) in [5.41, 5.74) is 0.730. The monoisotopic (exact) mass is 679 g/mol. The van der Waals surface area contributed by atoms with Gasteiger partial charge in [-0.3, -0.25) is 9.59 Å². The number of amides is 2. The Bertz CT molecular complexity index is 1540. The Morgan fingerprint density at radius 3 is 2.57 bits per heavy atom. The summed E-state index contributed by atoms with van der Waals surface area (Å²) in [4.78, 5) is 38.1. The molecule has 3 atom stereocenters. The van der Waals surface area contributed by atoms with Crippen molar-refractivity contribution in [3.8, 4) is 5.75 Å². The Morgan fingerprint density at radius 1 is 1.09 bits per heavy atom. The van der Waals surface area contributed by atoms with E-state index in [4.69, 9.17) is 16.3 Å². The van der Waals surface area contributed by atoms with Gasteiger partial charge in [0.05, 0.1) is 30.0 Å². The van der Waals surface area contributed by atoms with Gasteiger partial charge in [-0.05, 0) is 63.8 Å². The van der Waals surface area contributed by atoms with Crippen molar-refractivity contribution < 1.29 is 23.1 Å². The summed E-state index contributed by atoms with van der Waals surface area (Å²) in [5.74, 6) is -1.40. The number of rotatable bonds is 11. The third-order valence-corrected chi connectivity index (χ3v) is 9.21. The summed E-state index contributed by atoms with van der Waals surface area (Å²) in [6.45, 7) is 3.22. The van der Waals surface area contributed by atoms with Crippen LogP contribution in [0.5, 0.6) is 5.75 Å². The van der Waals surface area contributed by atoms with E-state index < -0.39 is 22.7 Å². The molecule has 4 N–H and O–H groups in total. The quantitative estimate of drug-likeness (QED) is 0.188. The van der Waals surface area contributed by atoms with Crippen LogP contribution >= 0.6 is 24.0 Å². The highest BCUT2D eigenvalue weighted by molar-refractivity contribution is 6.31. The van der Waals surface area contributed by atoms with Crippen molar-refractivity contribution in [1.82, 2.24) is 25.5 Å². The fourth-order valence-electron chi connectivity index (χ4n) is 6.23. The lowest BCUT2D eigenvalue weighted by molar-refractivity contribution is -0.140. The molecule has 2 amide bonds. The highest BCUT2D eigenvalue weighted by Gasteiger charge is 2.40. The number of nitrogens with one attached hydrogen (secondary N) is 4. The van der Waals surface area contributed by atoms with Crippen molar-refractivity contribution in [2.75, 3.05) is 37.9 Å². The van der Waals surface area contributed by atoms with E-state index >= 15 is 0 Å². The lowest BCUT2D eigenvalue weighted by atomic mass is 9.83. The predicted octanol–water partition coefficient (Wildman–Crippen LogP) is 5.81. The topological polar surface area (TPSA) is 121 Å². The molecule has 10 nitrogen and oxygen atoms in total. The predicted molar refractivity (Wildman–Crippen MR) is 178 cm³/mol. The van der Waals surface area contributed by atoms with Crippen molar-refractivity contribution in [1.29, 1.82) is 0 Å². The number of halogens is 4. The maximum atomic E-state index is 14.7. The molecule has 1 aliphatic carbocycles. The van der Waals surface area contributed by atoms with Crippen LogP contribution < -0.4 is 26.0 Å². The van der Waals surface area contributed by atoms with E-state index in [1.807, 2.05) is 7.05 Å². The zero-order valence-corrected chi connectivity index (χ0v) is 27.7. The van der Waals surface area contributed by atoms with Crippen molar-refractivity contribution >= 4 is 63.9 Å². The third kappa shape index (κ3) is 7.79. The molecule has 0 spiro atoms. The first kappa shape index (κ1) is 35.5. The number of carbonyl (C=O) groups is 2. The summed E-state index contributed by atoms with van der Waals surface area (Å²) in [6, 6.07) is 4.73. The van der Waals surface area contributed by atoms with E-state index in [9.17, 15) is 18.4 Å². The number of hydrogen-bond donors (Lipinski definition) is 4. The Labute approximate surface area is 278 Å². The highest BCUT2D eigenvalue weighted by atomic mass is 35.5. The first-order chi connectivity index (χ1) is 21.7. The second-order valence-corrected chi connectivity index (χ2v) is 12.2. The maximum absolute atomic E-state index is 14.7. The van der Waals surface area contributed by atoms with Crippen LogP contribution in [-0.4, -0.2) is 72.1 Å². The second-order valence-electron chi connectivity index (χ2n) is 11.8. The van der Waals surface area contributed by atoms with Crippen molar-refractivity contribution in [3.05, 3.63) is 47.2 Å². The van der Waals surface area contributed by atoms with Gasteiger partial charge in [-0.15, -0.1) is 12.4 Å². The molecule has 1 saturated carbocycles. The van der Waals surface area contributed by atoms with Crippen LogP contribution in [0.25, 0.3) is 10.9 Å². The number of likely N-dealkylation sites (N-methyl/N-ethyl adjacent to an activating group) is 1. The smallest absolute Gasteiger partial charge is 0.247 e. The Hall–Kier alpha value is -3.32. The van der Waals surface area contributed by atoms with Crippen LogP contribution in [-0.2, 0) is 9.59 Å². The number of benzene rings is 2. The summed E-state index contributed by atoms with van der Waals surface area (Å²) in [7, 11) is 3.37. The van der Waals surface area contributed by atoms with Crippen LogP contribution in [0.3, 0.4) is 0 Å². The van der Waals surface area contributed by atoms with Crippen molar-refractivity contribution in [3.63, 3.8) is 0 Å². The molecule has 250 valence electrons. The highest BCUT2D eigenvalue weighted by Crippen LogP contribution is 2.35. The van der Waals surface area contributed by atoms with E-state index in [1.165, 1.54) is 25.9 Å². The molecule has 1 saturated heterocycles. The fraction of sp³-hybridized carbons (Fsp3) is 0.500. The van der Waals surface area contributed by atoms with Gasteiger partial charge in [-0.1, -0.05) is 30.9 Å². The van der Waals surface area contributed by atoms with Crippen LogP contribution in [0.4, 0.5) is 26.0 Å². The summed E-state index contributed by atoms with van der Waals surface area (Å²) in [6.07, 6.45) is 7.92. The minimum Gasteiger partial charge on any atom is -0.494 e. The number of aromatic nitrogens is 2. The van der Waals surface area contributed by atoms with Crippen molar-refractivity contribution in [2.24, 2.45) is 5.92 Å². The standard InChI is InChI=1S/C32H40ClF2N7O3.ClH/c1-18(36-2)16-37-29(19-8-5-4-6-9-19)32(44)42-13-7-10-25(42)31(43)41-24-14-20-23(15-26(24)45-3)38-17-39-30(20)40-22-12-11-21(34)27(33)28(22)35;/h11-12,14-15,17-19,25,29,36-37H,4-10,13,16H2,1-3H3,(H,41,43)(H,38,39,40);1H/t18-,25-,29-;/m0./s1. The van der Waals surface area contributed by atoms with Gasteiger partial charge in [0.15, 0.2) is 5.82 Å². The number of anilines is 3. The number of ether oxygens (including phenoxy) is 1. The third-order valence-electron chi connectivity index (χ3n) is 8.87. The number of likely N-dealkylation sites (tertiary alicyclic amines) is 1. The first-order valence-electron chi connectivity index (χ1n) is 15.5. The second kappa shape index (κ2) is 16.0.